The fraction of sp³-hybridized carbons (Fsp3) is 0.769. The molecule has 0 bridgehead atoms. The van der Waals surface area contributed by atoms with Gasteiger partial charge in [-0.2, -0.15) is 5.10 Å². The summed E-state index contributed by atoms with van der Waals surface area (Å²) in [6.07, 6.45) is 0. The zero-order valence-electron chi connectivity index (χ0n) is 11.7. The van der Waals surface area contributed by atoms with Crippen molar-refractivity contribution in [2.75, 3.05) is 0 Å². The highest BCUT2D eigenvalue weighted by atomic mass is 15.3. The first-order chi connectivity index (χ1) is 7.23. The standard InChI is InChI=1S/C13H25N3/c1-9-12(10(2)16(7)15-9)8-14-11(3)13(4,5)6/h11,14H,8H2,1-7H3. The predicted molar refractivity (Wildman–Crippen MR) is 68.4 cm³/mol. The van der Waals surface area contributed by atoms with E-state index in [9.17, 15) is 0 Å². The summed E-state index contributed by atoms with van der Waals surface area (Å²) in [6, 6.07) is 0.492. The normalized spacial score (nSPS) is 14.2. The number of hydrogen-bond donors (Lipinski definition) is 1. The van der Waals surface area contributed by atoms with Crippen LogP contribution in [0.15, 0.2) is 0 Å². The van der Waals surface area contributed by atoms with Crippen molar-refractivity contribution in [2.45, 2.75) is 54.1 Å². The third-order valence-electron chi connectivity index (χ3n) is 3.54. The predicted octanol–water partition coefficient (Wildman–Crippen LogP) is 2.56. The third kappa shape index (κ3) is 2.85. The Bertz CT molecular complexity index is 358. The molecule has 1 heterocycles. The largest absolute Gasteiger partial charge is 0.310 e. The number of aromatic nitrogens is 2. The Morgan fingerprint density at radius 1 is 1.31 bits per heavy atom. The quantitative estimate of drug-likeness (QED) is 0.853. The fourth-order valence-corrected chi connectivity index (χ4v) is 1.63. The Morgan fingerprint density at radius 3 is 2.25 bits per heavy atom. The minimum absolute atomic E-state index is 0.296. The van der Waals surface area contributed by atoms with Crippen LogP contribution >= 0.6 is 0 Å². The average Bonchev–Trinajstić information content (AvgIpc) is 2.37. The van der Waals surface area contributed by atoms with E-state index < -0.39 is 0 Å². The lowest BCUT2D eigenvalue weighted by atomic mass is 9.88. The Morgan fingerprint density at radius 2 is 1.88 bits per heavy atom. The first-order valence-electron chi connectivity index (χ1n) is 5.96. The van der Waals surface area contributed by atoms with Crippen LogP contribution in [-0.2, 0) is 13.6 Å². The number of nitrogens with zero attached hydrogens (tertiary/aromatic N) is 2. The van der Waals surface area contributed by atoms with E-state index in [1.807, 2.05) is 11.7 Å². The highest BCUT2D eigenvalue weighted by Crippen LogP contribution is 2.20. The highest BCUT2D eigenvalue weighted by Gasteiger charge is 2.20. The van der Waals surface area contributed by atoms with Gasteiger partial charge in [0.05, 0.1) is 5.69 Å². The molecule has 1 N–H and O–H groups in total. The molecule has 0 spiro atoms. The maximum Gasteiger partial charge on any atom is 0.0641 e. The number of rotatable bonds is 3. The van der Waals surface area contributed by atoms with Gasteiger partial charge in [0.25, 0.3) is 0 Å². The summed E-state index contributed by atoms with van der Waals surface area (Å²) in [6.45, 7) is 14.1. The monoisotopic (exact) mass is 223 g/mol. The Balaban J connectivity index is 2.68. The zero-order valence-corrected chi connectivity index (χ0v) is 11.7. The van der Waals surface area contributed by atoms with E-state index in [-0.39, 0.29) is 0 Å². The second-order valence-electron chi connectivity index (χ2n) is 5.74. The Hall–Kier alpha value is -0.830. The molecule has 92 valence electrons. The molecular formula is C13H25N3. The highest BCUT2D eigenvalue weighted by molar-refractivity contribution is 5.24. The number of hydrogen-bond acceptors (Lipinski definition) is 2. The first-order valence-corrected chi connectivity index (χ1v) is 5.96. The molecule has 0 fully saturated rings. The summed E-state index contributed by atoms with van der Waals surface area (Å²) in [5, 5.41) is 8.01. The molecule has 1 rings (SSSR count). The molecule has 1 aromatic rings. The van der Waals surface area contributed by atoms with Crippen LogP contribution in [0.2, 0.25) is 0 Å². The van der Waals surface area contributed by atoms with Crippen molar-refractivity contribution in [1.29, 1.82) is 0 Å². The van der Waals surface area contributed by atoms with E-state index in [2.05, 4.69) is 52.0 Å². The Kier molecular flexibility index (Phi) is 3.79. The van der Waals surface area contributed by atoms with Crippen molar-refractivity contribution >= 4 is 0 Å². The Labute approximate surface area is 99.2 Å². The van der Waals surface area contributed by atoms with Crippen LogP contribution in [0.4, 0.5) is 0 Å². The van der Waals surface area contributed by atoms with E-state index in [0.717, 1.165) is 12.2 Å². The van der Waals surface area contributed by atoms with Gasteiger partial charge in [-0.1, -0.05) is 20.8 Å². The number of aryl methyl sites for hydroxylation is 2. The lowest BCUT2D eigenvalue weighted by Gasteiger charge is -2.28. The van der Waals surface area contributed by atoms with E-state index in [4.69, 9.17) is 0 Å². The van der Waals surface area contributed by atoms with Gasteiger partial charge in [-0.05, 0) is 26.2 Å². The second kappa shape index (κ2) is 4.58. The van der Waals surface area contributed by atoms with Gasteiger partial charge >= 0.3 is 0 Å². The number of nitrogens with one attached hydrogen (secondary N) is 1. The summed E-state index contributed by atoms with van der Waals surface area (Å²) in [4.78, 5) is 0. The molecular weight excluding hydrogens is 198 g/mol. The lowest BCUT2D eigenvalue weighted by Crippen LogP contribution is -2.37. The van der Waals surface area contributed by atoms with E-state index in [1.165, 1.54) is 11.3 Å². The third-order valence-corrected chi connectivity index (χ3v) is 3.54. The smallest absolute Gasteiger partial charge is 0.0641 e. The van der Waals surface area contributed by atoms with Crippen LogP contribution in [0.3, 0.4) is 0 Å². The van der Waals surface area contributed by atoms with Gasteiger partial charge in [0.15, 0.2) is 0 Å². The van der Waals surface area contributed by atoms with Crippen molar-refractivity contribution in [1.82, 2.24) is 15.1 Å². The van der Waals surface area contributed by atoms with Crippen molar-refractivity contribution in [3.8, 4) is 0 Å². The lowest BCUT2D eigenvalue weighted by molar-refractivity contribution is 0.285. The van der Waals surface area contributed by atoms with Gasteiger partial charge < -0.3 is 5.32 Å². The summed E-state index contributed by atoms with van der Waals surface area (Å²) in [7, 11) is 2.00. The van der Waals surface area contributed by atoms with Gasteiger partial charge in [0, 0.05) is 30.9 Å². The van der Waals surface area contributed by atoms with E-state index >= 15 is 0 Å². The average molecular weight is 223 g/mol. The molecule has 16 heavy (non-hydrogen) atoms. The zero-order chi connectivity index (χ0) is 12.5. The van der Waals surface area contributed by atoms with Gasteiger partial charge in [0.1, 0.15) is 0 Å². The second-order valence-corrected chi connectivity index (χ2v) is 5.74. The summed E-state index contributed by atoms with van der Waals surface area (Å²) in [5.41, 5.74) is 4.02. The van der Waals surface area contributed by atoms with Crippen molar-refractivity contribution in [3.05, 3.63) is 17.0 Å². The molecule has 3 nitrogen and oxygen atoms in total. The maximum atomic E-state index is 4.43. The molecule has 0 saturated carbocycles. The molecule has 0 aliphatic carbocycles. The molecule has 1 aromatic heterocycles. The van der Waals surface area contributed by atoms with Crippen LogP contribution in [0.25, 0.3) is 0 Å². The van der Waals surface area contributed by atoms with Crippen LogP contribution in [0, 0.1) is 19.3 Å². The molecule has 0 radical (unpaired) electrons. The van der Waals surface area contributed by atoms with Gasteiger partial charge in [-0.15, -0.1) is 0 Å². The molecule has 1 unspecified atom stereocenters. The van der Waals surface area contributed by atoms with Crippen molar-refractivity contribution in [2.24, 2.45) is 12.5 Å². The minimum Gasteiger partial charge on any atom is -0.310 e. The molecule has 0 saturated heterocycles. The van der Waals surface area contributed by atoms with Gasteiger partial charge in [0.2, 0.25) is 0 Å². The summed E-state index contributed by atoms with van der Waals surface area (Å²) >= 11 is 0. The summed E-state index contributed by atoms with van der Waals surface area (Å²) in [5.74, 6) is 0. The molecule has 0 aliphatic heterocycles. The molecule has 0 amide bonds. The first kappa shape index (κ1) is 13.2. The van der Waals surface area contributed by atoms with Gasteiger partial charge in [-0.3, -0.25) is 4.68 Å². The van der Waals surface area contributed by atoms with Crippen LogP contribution in [0.1, 0.15) is 44.6 Å². The van der Waals surface area contributed by atoms with Crippen LogP contribution < -0.4 is 5.32 Å². The van der Waals surface area contributed by atoms with E-state index in [1.54, 1.807) is 0 Å². The van der Waals surface area contributed by atoms with Crippen molar-refractivity contribution < 1.29 is 0 Å². The van der Waals surface area contributed by atoms with Gasteiger partial charge in [-0.25, -0.2) is 0 Å². The van der Waals surface area contributed by atoms with Crippen molar-refractivity contribution in [3.63, 3.8) is 0 Å². The van der Waals surface area contributed by atoms with E-state index in [0.29, 0.717) is 11.5 Å². The molecule has 3 heteroatoms. The molecule has 1 atom stereocenters. The fourth-order valence-electron chi connectivity index (χ4n) is 1.63. The topological polar surface area (TPSA) is 29.9 Å². The van der Waals surface area contributed by atoms with Crippen LogP contribution in [-0.4, -0.2) is 15.8 Å². The molecule has 0 aromatic carbocycles. The summed E-state index contributed by atoms with van der Waals surface area (Å²) < 4.78 is 1.95. The minimum atomic E-state index is 0.296. The SMILES string of the molecule is Cc1nn(C)c(C)c1CNC(C)C(C)(C)C. The molecule has 0 aliphatic rings. The van der Waals surface area contributed by atoms with Crippen LogP contribution in [0.5, 0.6) is 0 Å². The maximum absolute atomic E-state index is 4.43.